The van der Waals surface area contributed by atoms with Crippen LogP contribution < -0.4 is 10.6 Å². The van der Waals surface area contributed by atoms with Crippen LogP contribution in [0.2, 0.25) is 0 Å². The zero-order chi connectivity index (χ0) is 10.8. The fourth-order valence-corrected chi connectivity index (χ4v) is 1.95. The number of nitrogens with one attached hydrogen (secondary N) is 2. The van der Waals surface area contributed by atoms with Gasteiger partial charge in [0.05, 0.1) is 11.4 Å². The van der Waals surface area contributed by atoms with Crippen molar-refractivity contribution < 1.29 is 4.39 Å². The van der Waals surface area contributed by atoms with E-state index in [1.165, 1.54) is 6.07 Å². The Balaban J connectivity index is 2.30. The highest BCUT2D eigenvalue weighted by molar-refractivity contribution is 5.70. The van der Waals surface area contributed by atoms with Gasteiger partial charge in [0, 0.05) is 12.6 Å². The van der Waals surface area contributed by atoms with E-state index >= 15 is 0 Å². The molecule has 0 radical (unpaired) electrons. The average molecular weight is 208 g/mol. The van der Waals surface area contributed by atoms with Crippen LogP contribution in [0.3, 0.4) is 0 Å². The van der Waals surface area contributed by atoms with Crippen molar-refractivity contribution in [3.8, 4) is 0 Å². The predicted molar refractivity (Wildman–Crippen MR) is 61.8 cm³/mol. The Bertz CT molecular complexity index is 349. The summed E-state index contributed by atoms with van der Waals surface area (Å²) >= 11 is 0. The van der Waals surface area contributed by atoms with Crippen molar-refractivity contribution in [2.75, 3.05) is 17.2 Å². The van der Waals surface area contributed by atoms with Gasteiger partial charge in [0.25, 0.3) is 0 Å². The lowest BCUT2D eigenvalue weighted by molar-refractivity contribution is 0.507. The van der Waals surface area contributed by atoms with Gasteiger partial charge in [-0.1, -0.05) is 19.9 Å². The Kier molecular flexibility index (Phi) is 2.80. The van der Waals surface area contributed by atoms with E-state index in [-0.39, 0.29) is 5.82 Å². The fourth-order valence-electron chi connectivity index (χ4n) is 1.95. The molecule has 0 bridgehead atoms. The number of para-hydroxylation sites is 1. The summed E-state index contributed by atoms with van der Waals surface area (Å²) in [6.07, 6.45) is 1.02. The zero-order valence-electron chi connectivity index (χ0n) is 9.18. The van der Waals surface area contributed by atoms with Gasteiger partial charge >= 0.3 is 0 Å². The van der Waals surface area contributed by atoms with Crippen LogP contribution in [0, 0.1) is 11.7 Å². The minimum absolute atomic E-state index is 0.176. The van der Waals surface area contributed by atoms with Crippen molar-refractivity contribution in [1.82, 2.24) is 0 Å². The Labute approximate surface area is 89.9 Å². The molecule has 2 rings (SSSR count). The van der Waals surface area contributed by atoms with Crippen LogP contribution in [-0.2, 0) is 0 Å². The molecule has 0 fully saturated rings. The quantitative estimate of drug-likeness (QED) is 0.741. The van der Waals surface area contributed by atoms with Gasteiger partial charge in [0.15, 0.2) is 0 Å². The molecule has 0 spiro atoms. The van der Waals surface area contributed by atoms with E-state index in [9.17, 15) is 4.39 Å². The van der Waals surface area contributed by atoms with Crippen molar-refractivity contribution in [2.24, 2.45) is 5.92 Å². The van der Waals surface area contributed by atoms with Gasteiger partial charge in [0.2, 0.25) is 0 Å². The van der Waals surface area contributed by atoms with Crippen molar-refractivity contribution in [2.45, 2.75) is 26.3 Å². The average Bonchev–Trinajstić information content (AvgIpc) is 2.40. The van der Waals surface area contributed by atoms with Gasteiger partial charge in [-0.3, -0.25) is 0 Å². The molecule has 0 aliphatic carbocycles. The third-order valence-electron chi connectivity index (χ3n) is 2.92. The number of halogens is 1. The van der Waals surface area contributed by atoms with E-state index in [4.69, 9.17) is 0 Å². The zero-order valence-corrected chi connectivity index (χ0v) is 9.18. The van der Waals surface area contributed by atoms with E-state index < -0.39 is 0 Å². The van der Waals surface area contributed by atoms with E-state index in [2.05, 4.69) is 24.5 Å². The van der Waals surface area contributed by atoms with E-state index in [1.54, 1.807) is 6.07 Å². The van der Waals surface area contributed by atoms with Crippen molar-refractivity contribution >= 4 is 11.4 Å². The Morgan fingerprint density at radius 3 is 2.93 bits per heavy atom. The van der Waals surface area contributed by atoms with Crippen LogP contribution in [0.4, 0.5) is 15.8 Å². The molecule has 15 heavy (non-hydrogen) atoms. The summed E-state index contributed by atoms with van der Waals surface area (Å²) in [6.45, 7) is 5.19. The smallest absolute Gasteiger partial charge is 0.148 e. The molecule has 2 nitrogen and oxygen atoms in total. The van der Waals surface area contributed by atoms with Crippen LogP contribution in [0.1, 0.15) is 20.3 Å². The molecule has 3 heteroatoms. The summed E-state index contributed by atoms with van der Waals surface area (Å²) in [5.74, 6) is 0.380. The molecule has 0 aromatic heterocycles. The molecule has 1 unspecified atom stereocenters. The van der Waals surface area contributed by atoms with Gasteiger partial charge in [0.1, 0.15) is 5.82 Å². The standard InChI is InChI=1S/C12H17FN2/c1-8(2)10-6-7-14-12-9(13)4-3-5-11(12)15-10/h3-5,8,10,14-15H,6-7H2,1-2H3. The molecule has 2 N–H and O–H groups in total. The summed E-state index contributed by atoms with van der Waals surface area (Å²) in [4.78, 5) is 0. The summed E-state index contributed by atoms with van der Waals surface area (Å²) in [6, 6.07) is 5.57. The number of hydrogen-bond acceptors (Lipinski definition) is 2. The predicted octanol–water partition coefficient (Wildman–Crippen LogP) is 3.08. The van der Waals surface area contributed by atoms with Gasteiger partial charge < -0.3 is 10.6 Å². The second-order valence-corrected chi connectivity index (χ2v) is 4.37. The number of hydrogen-bond donors (Lipinski definition) is 2. The first-order chi connectivity index (χ1) is 7.18. The molecule has 1 aliphatic heterocycles. The highest BCUT2D eigenvalue weighted by atomic mass is 19.1. The maximum absolute atomic E-state index is 13.5. The normalized spacial score (nSPS) is 20.1. The van der Waals surface area contributed by atoms with Gasteiger partial charge in [-0.05, 0) is 24.5 Å². The van der Waals surface area contributed by atoms with Crippen LogP contribution in [-0.4, -0.2) is 12.6 Å². The first-order valence-corrected chi connectivity index (χ1v) is 5.47. The lowest BCUT2D eigenvalue weighted by Gasteiger charge is -2.21. The molecule has 1 atom stereocenters. The topological polar surface area (TPSA) is 24.1 Å². The van der Waals surface area contributed by atoms with Crippen LogP contribution in [0.15, 0.2) is 18.2 Å². The van der Waals surface area contributed by atoms with E-state index in [0.29, 0.717) is 17.6 Å². The molecule has 0 saturated heterocycles. The maximum Gasteiger partial charge on any atom is 0.148 e. The first kappa shape index (κ1) is 10.3. The SMILES string of the molecule is CC(C)C1CCNc2c(F)cccc2N1. The lowest BCUT2D eigenvalue weighted by Crippen LogP contribution is -2.25. The molecule has 0 saturated carbocycles. The summed E-state index contributed by atoms with van der Waals surface area (Å²) < 4.78 is 13.5. The molecule has 1 aliphatic rings. The van der Waals surface area contributed by atoms with Crippen molar-refractivity contribution in [3.63, 3.8) is 0 Å². The largest absolute Gasteiger partial charge is 0.381 e. The molecular weight excluding hydrogens is 191 g/mol. The number of anilines is 2. The highest BCUT2D eigenvalue weighted by Crippen LogP contribution is 2.29. The van der Waals surface area contributed by atoms with E-state index in [0.717, 1.165) is 18.7 Å². The molecule has 1 aromatic rings. The number of benzene rings is 1. The van der Waals surface area contributed by atoms with Gasteiger partial charge in [-0.25, -0.2) is 4.39 Å². The molecular formula is C12H17FN2. The van der Waals surface area contributed by atoms with Crippen molar-refractivity contribution in [1.29, 1.82) is 0 Å². The lowest BCUT2D eigenvalue weighted by atomic mass is 10.0. The summed E-state index contributed by atoms with van der Waals surface area (Å²) in [5, 5.41) is 6.54. The first-order valence-electron chi connectivity index (χ1n) is 5.47. The maximum atomic E-state index is 13.5. The Hall–Kier alpha value is -1.25. The second kappa shape index (κ2) is 4.09. The van der Waals surface area contributed by atoms with Gasteiger partial charge in [-0.15, -0.1) is 0 Å². The van der Waals surface area contributed by atoms with Gasteiger partial charge in [-0.2, -0.15) is 0 Å². The molecule has 82 valence electrons. The number of rotatable bonds is 1. The molecule has 0 amide bonds. The van der Waals surface area contributed by atoms with Crippen LogP contribution in [0.5, 0.6) is 0 Å². The van der Waals surface area contributed by atoms with Crippen molar-refractivity contribution in [3.05, 3.63) is 24.0 Å². The van der Waals surface area contributed by atoms with Crippen LogP contribution >= 0.6 is 0 Å². The third-order valence-corrected chi connectivity index (χ3v) is 2.92. The Morgan fingerprint density at radius 2 is 2.20 bits per heavy atom. The molecule has 1 heterocycles. The highest BCUT2D eigenvalue weighted by Gasteiger charge is 2.19. The van der Waals surface area contributed by atoms with Crippen LogP contribution in [0.25, 0.3) is 0 Å². The number of fused-ring (bicyclic) bond motifs is 1. The fraction of sp³-hybridized carbons (Fsp3) is 0.500. The second-order valence-electron chi connectivity index (χ2n) is 4.37. The minimum Gasteiger partial charge on any atom is -0.381 e. The Morgan fingerprint density at radius 1 is 1.40 bits per heavy atom. The summed E-state index contributed by atoms with van der Waals surface area (Å²) in [7, 11) is 0. The molecule has 1 aromatic carbocycles. The van der Waals surface area contributed by atoms with E-state index in [1.807, 2.05) is 6.07 Å². The minimum atomic E-state index is -0.176. The third kappa shape index (κ3) is 2.06. The summed E-state index contributed by atoms with van der Waals surface area (Å²) in [5.41, 5.74) is 1.49. The monoisotopic (exact) mass is 208 g/mol.